The van der Waals surface area contributed by atoms with Crippen LogP contribution in [0, 0.1) is 0 Å². The molecule has 0 saturated heterocycles. The van der Waals surface area contributed by atoms with Crippen LogP contribution in [-0.2, 0) is 18.8 Å². The van der Waals surface area contributed by atoms with E-state index in [0.29, 0.717) is 0 Å². The van der Waals surface area contributed by atoms with Crippen LogP contribution in [0.2, 0.25) is 0 Å². The second kappa shape index (κ2) is 7.72. The van der Waals surface area contributed by atoms with Gasteiger partial charge in [-0.2, -0.15) is 8.42 Å². The van der Waals surface area contributed by atoms with E-state index in [4.69, 9.17) is 5.11 Å². The van der Waals surface area contributed by atoms with Crippen molar-refractivity contribution in [2.75, 3.05) is 20.3 Å². The van der Waals surface area contributed by atoms with Gasteiger partial charge in [0.05, 0.1) is 13.7 Å². The topological polar surface area (TPSA) is 72.8 Å². The first-order chi connectivity index (χ1) is 4.62. The van der Waals surface area contributed by atoms with Crippen molar-refractivity contribution >= 4 is 48.1 Å². The van der Waals surface area contributed by atoms with Crippen molar-refractivity contribution in [1.29, 1.82) is 0 Å². The van der Waals surface area contributed by atoms with Crippen LogP contribution >= 0.6 is 0 Å². The second-order valence-electron chi connectivity index (χ2n) is 1.47. The van der Waals surface area contributed by atoms with Gasteiger partial charge in [-0.1, -0.05) is 0 Å². The van der Waals surface area contributed by atoms with Crippen LogP contribution in [0.25, 0.3) is 0 Å². The SMILES string of the molecule is COS(=O)(=O)OCCCO.[CaH2]. The van der Waals surface area contributed by atoms with Gasteiger partial charge in [0.2, 0.25) is 0 Å². The van der Waals surface area contributed by atoms with Crippen LogP contribution in [0.1, 0.15) is 6.42 Å². The zero-order valence-corrected chi connectivity index (χ0v) is 6.43. The van der Waals surface area contributed by atoms with Crippen molar-refractivity contribution < 1.29 is 21.9 Å². The Labute approximate surface area is 96.0 Å². The summed E-state index contributed by atoms with van der Waals surface area (Å²) in [5, 5.41) is 8.22. The molecule has 0 aromatic rings. The Bertz CT molecular complexity index is 165. The third kappa shape index (κ3) is 9.00. The van der Waals surface area contributed by atoms with E-state index in [-0.39, 0.29) is 57.4 Å². The van der Waals surface area contributed by atoms with E-state index in [9.17, 15) is 8.42 Å². The minimum absolute atomic E-state index is 0. The molecule has 0 aromatic carbocycles. The number of aliphatic hydroxyl groups excluding tert-OH is 1. The van der Waals surface area contributed by atoms with Crippen molar-refractivity contribution in [3.63, 3.8) is 0 Å². The molecule has 5 nitrogen and oxygen atoms in total. The van der Waals surface area contributed by atoms with E-state index in [1.165, 1.54) is 0 Å². The summed E-state index contributed by atoms with van der Waals surface area (Å²) in [6.07, 6.45) is 0.280. The van der Waals surface area contributed by atoms with Gasteiger partial charge in [-0.15, -0.1) is 0 Å². The molecule has 0 aliphatic carbocycles. The van der Waals surface area contributed by atoms with E-state index in [2.05, 4.69) is 8.37 Å². The summed E-state index contributed by atoms with van der Waals surface area (Å²) in [6.45, 7) is -0.147. The van der Waals surface area contributed by atoms with E-state index in [1.807, 2.05) is 0 Å². The first-order valence-electron chi connectivity index (χ1n) is 2.68. The van der Waals surface area contributed by atoms with Gasteiger partial charge in [-0.05, 0) is 6.42 Å². The number of hydrogen-bond donors (Lipinski definition) is 1. The van der Waals surface area contributed by atoms with Crippen molar-refractivity contribution in [2.45, 2.75) is 6.42 Å². The molecule has 0 aliphatic heterocycles. The van der Waals surface area contributed by atoms with Gasteiger partial charge in [0.15, 0.2) is 0 Å². The summed E-state index contributed by atoms with van der Waals surface area (Å²) >= 11 is 0. The first kappa shape index (κ1) is 14.6. The van der Waals surface area contributed by atoms with Gasteiger partial charge in [0.1, 0.15) is 0 Å². The summed E-state index contributed by atoms with van der Waals surface area (Å²) in [6, 6.07) is 0. The van der Waals surface area contributed by atoms with Crippen LogP contribution in [-0.4, -0.2) is 71.6 Å². The van der Waals surface area contributed by atoms with Gasteiger partial charge in [0, 0.05) is 6.61 Å². The Morgan fingerprint density at radius 3 is 2.36 bits per heavy atom. The molecule has 0 rings (SSSR count). The Morgan fingerprint density at radius 1 is 1.45 bits per heavy atom. The van der Waals surface area contributed by atoms with Crippen molar-refractivity contribution in [1.82, 2.24) is 0 Å². The quantitative estimate of drug-likeness (QED) is 0.437. The van der Waals surface area contributed by atoms with Gasteiger partial charge < -0.3 is 5.11 Å². The van der Waals surface area contributed by atoms with Gasteiger partial charge >= 0.3 is 48.1 Å². The maximum absolute atomic E-state index is 10.3. The predicted octanol–water partition coefficient (Wildman–Crippen LogP) is -1.64. The fourth-order valence-corrected chi connectivity index (χ4v) is 0.692. The van der Waals surface area contributed by atoms with Crippen LogP contribution in [0.4, 0.5) is 0 Å². The maximum atomic E-state index is 10.3. The normalized spacial score (nSPS) is 10.7. The summed E-state index contributed by atoms with van der Waals surface area (Å²) in [4.78, 5) is 0. The van der Waals surface area contributed by atoms with E-state index >= 15 is 0 Å². The first-order valence-corrected chi connectivity index (χ1v) is 4.01. The van der Waals surface area contributed by atoms with Crippen LogP contribution in [0.5, 0.6) is 0 Å². The van der Waals surface area contributed by atoms with Crippen molar-refractivity contribution in [3.05, 3.63) is 0 Å². The molecule has 66 valence electrons. The molecule has 0 spiro atoms. The molecular weight excluding hydrogens is 200 g/mol. The third-order valence-electron chi connectivity index (χ3n) is 0.734. The van der Waals surface area contributed by atoms with Crippen LogP contribution < -0.4 is 0 Å². The molecule has 0 bridgehead atoms. The average molecular weight is 212 g/mol. The molecule has 0 amide bonds. The molecule has 0 saturated carbocycles. The Kier molecular flexibility index (Phi) is 10.3. The summed E-state index contributed by atoms with van der Waals surface area (Å²) in [5.74, 6) is 0. The second-order valence-corrected chi connectivity index (χ2v) is 2.86. The van der Waals surface area contributed by atoms with Gasteiger partial charge in [0.25, 0.3) is 0 Å². The number of rotatable bonds is 5. The number of hydrogen-bond acceptors (Lipinski definition) is 5. The Balaban J connectivity index is 0. The molecule has 0 fully saturated rings. The summed E-state index contributed by atoms with van der Waals surface area (Å²) < 4.78 is 28.9. The molecule has 0 atom stereocenters. The van der Waals surface area contributed by atoms with Crippen LogP contribution in [0.15, 0.2) is 0 Å². The monoisotopic (exact) mass is 212 g/mol. The molecule has 0 aliphatic rings. The molecule has 0 aromatic heterocycles. The predicted molar refractivity (Wildman–Crippen MR) is 42.1 cm³/mol. The number of aliphatic hydroxyl groups is 1. The zero-order chi connectivity index (χ0) is 8.04. The standard InChI is InChI=1S/C4H10O5S.Ca.2H/c1-8-10(6,7)9-4-2-3-5;;;/h5H,2-4H2,1H3;;;. The van der Waals surface area contributed by atoms with Crippen molar-refractivity contribution in [2.24, 2.45) is 0 Å². The van der Waals surface area contributed by atoms with E-state index in [1.54, 1.807) is 0 Å². The van der Waals surface area contributed by atoms with E-state index < -0.39 is 10.4 Å². The fourth-order valence-electron chi connectivity index (χ4n) is 0.274. The van der Waals surface area contributed by atoms with Crippen molar-refractivity contribution in [3.8, 4) is 0 Å². The van der Waals surface area contributed by atoms with Gasteiger partial charge in [-0.25, -0.2) is 4.18 Å². The molecule has 0 unspecified atom stereocenters. The molecule has 7 heteroatoms. The Morgan fingerprint density at radius 2 is 2.00 bits per heavy atom. The minimum atomic E-state index is -3.80. The third-order valence-corrected chi connectivity index (χ3v) is 1.60. The molecule has 1 N–H and O–H groups in total. The van der Waals surface area contributed by atoms with Crippen LogP contribution in [0.3, 0.4) is 0 Å². The summed E-state index contributed by atoms with van der Waals surface area (Å²) in [5.41, 5.74) is 0. The summed E-state index contributed by atoms with van der Waals surface area (Å²) in [7, 11) is -2.79. The Hall–Kier alpha value is 1.09. The molecular formula is C4H12CaO5S. The average Bonchev–Trinajstić information content (AvgIpc) is 1.89. The van der Waals surface area contributed by atoms with E-state index in [0.717, 1.165) is 7.11 Å². The molecule has 0 radical (unpaired) electrons. The fraction of sp³-hybridized carbons (Fsp3) is 1.00. The van der Waals surface area contributed by atoms with Gasteiger partial charge in [-0.3, -0.25) is 4.18 Å². The molecule has 0 heterocycles. The zero-order valence-electron chi connectivity index (χ0n) is 5.61. The molecule has 11 heavy (non-hydrogen) atoms.